The van der Waals surface area contributed by atoms with E-state index in [4.69, 9.17) is 0 Å². The van der Waals surface area contributed by atoms with E-state index in [0.717, 1.165) is 16.8 Å². The van der Waals surface area contributed by atoms with Gasteiger partial charge in [-0.2, -0.15) is 0 Å². The van der Waals surface area contributed by atoms with Crippen molar-refractivity contribution < 1.29 is 14.4 Å². The average molecular weight is 353 g/mol. The number of para-hydroxylation sites is 1. The van der Waals surface area contributed by atoms with E-state index in [1.165, 1.54) is 6.92 Å². The highest BCUT2D eigenvalue weighted by atomic mass is 16.2. The number of hydrogen-bond acceptors (Lipinski definition) is 4. The third-order valence-electron chi connectivity index (χ3n) is 3.91. The van der Waals surface area contributed by atoms with Gasteiger partial charge in [0.25, 0.3) is 0 Å². The van der Waals surface area contributed by atoms with E-state index in [9.17, 15) is 14.4 Å². The van der Waals surface area contributed by atoms with Crippen molar-refractivity contribution in [1.29, 1.82) is 0 Å². The van der Waals surface area contributed by atoms with Crippen molar-refractivity contribution in [3.8, 4) is 0 Å². The Bertz CT molecular complexity index is 811. The zero-order valence-electron chi connectivity index (χ0n) is 15.2. The first kappa shape index (κ1) is 19.2. The van der Waals surface area contributed by atoms with Gasteiger partial charge in [-0.05, 0) is 44.0 Å². The van der Waals surface area contributed by atoms with Gasteiger partial charge in [-0.1, -0.05) is 30.3 Å². The van der Waals surface area contributed by atoms with E-state index in [2.05, 4.69) is 16.0 Å². The molecule has 3 N–H and O–H groups in total. The molecule has 6 nitrogen and oxygen atoms in total. The summed E-state index contributed by atoms with van der Waals surface area (Å²) >= 11 is 0. The number of Topliss-reactive ketones (excluding diaryl/α,β-unsaturated/α-hetero) is 1. The number of rotatable bonds is 7. The minimum absolute atomic E-state index is 0.0119. The van der Waals surface area contributed by atoms with Crippen LogP contribution in [0, 0.1) is 13.8 Å². The van der Waals surface area contributed by atoms with Crippen LogP contribution in [0.3, 0.4) is 0 Å². The van der Waals surface area contributed by atoms with Crippen LogP contribution in [0.15, 0.2) is 42.5 Å². The third kappa shape index (κ3) is 5.44. The van der Waals surface area contributed by atoms with Gasteiger partial charge in [-0.25, -0.2) is 0 Å². The summed E-state index contributed by atoms with van der Waals surface area (Å²) in [6.07, 6.45) is 0. The van der Waals surface area contributed by atoms with Crippen LogP contribution in [0.2, 0.25) is 0 Å². The standard InChI is InChI=1S/C20H23N3O3/c1-13-6-4-7-14(2)20(13)23-19(26)12-22-18(25)11-21-17-9-5-8-16(10-17)15(3)24/h4-10,21H,11-12H2,1-3H3,(H,22,25)(H,23,26). The number of ketones is 1. The van der Waals surface area contributed by atoms with Crippen LogP contribution in [-0.4, -0.2) is 30.7 Å². The molecule has 0 unspecified atom stereocenters. The van der Waals surface area contributed by atoms with Crippen LogP contribution < -0.4 is 16.0 Å². The molecule has 2 aromatic rings. The number of benzene rings is 2. The molecule has 26 heavy (non-hydrogen) atoms. The number of amides is 2. The molecular formula is C20H23N3O3. The monoisotopic (exact) mass is 353 g/mol. The van der Waals surface area contributed by atoms with E-state index < -0.39 is 0 Å². The van der Waals surface area contributed by atoms with Gasteiger partial charge in [-0.15, -0.1) is 0 Å². The topological polar surface area (TPSA) is 87.3 Å². The summed E-state index contributed by atoms with van der Waals surface area (Å²) in [6, 6.07) is 12.7. The van der Waals surface area contributed by atoms with Crippen molar-refractivity contribution in [2.45, 2.75) is 20.8 Å². The summed E-state index contributed by atoms with van der Waals surface area (Å²) in [6.45, 7) is 5.22. The molecule has 0 heterocycles. The van der Waals surface area contributed by atoms with Gasteiger partial charge in [-0.3, -0.25) is 14.4 Å². The molecule has 2 aromatic carbocycles. The highest BCUT2D eigenvalue weighted by molar-refractivity contribution is 5.96. The summed E-state index contributed by atoms with van der Waals surface area (Å²) in [5.74, 6) is -0.634. The molecule has 0 saturated carbocycles. The number of nitrogens with one attached hydrogen (secondary N) is 3. The SMILES string of the molecule is CC(=O)c1cccc(NCC(=O)NCC(=O)Nc2c(C)cccc2C)c1. The normalized spacial score (nSPS) is 10.1. The van der Waals surface area contributed by atoms with Crippen molar-refractivity contribution >= 4 is 29.0 Å². The maximum Gasteiger partial charge on any atom is 0.243 e. The number of carbonyl (C=O) groups is 3. The van der Waals surface area contributed by atoms with E-state index in [-0.39, 0.29) is 30.7 Å². The van der Waals surface area contributed by atoms with E-state index in [1.54, 1.807) is 24.3 Å². The predicted molar refractivity (Wildman–Crippen MR) is 102 cm³/mol. The molecule has 0 spiro atoms. The second kappa shape index (κ2) is 8.80. The molecule has 6 heteroatoms. The molecule has 0 saturated heterocycles. The minimum Gasteiger partial charge on any atom is -0.376 e. The Morgan fingerprint density at radius 2 is 1.54 bits per heavy atom. The fourth-order valence-corrected chi connectivity index (χ4v) is 2.47. The van der Waals surface area contributed by atoms with Gasteiger partial charge in [0.05, 0.1) is 13.1 Å². The van der Waals surface area contributed by atoms with Crippen molar-refractivity contribution in [2.75, 3.05) is 23.7 Å². The molecule has 2 amide bonds. The molecule has 136 valence electrons. The Balaban J connectivity index is 1.80. The van der Waals surface area contributed by atoms with Crippen molar-refractivity contribution in [3.63, 3.8) is 0 Å². The van der Waals surface area contributed by atoms with Crippen molar-refractivity contribution in [1.82, 2.24) is 5.32 Å². The largest absolute Gasteiger partial charge is 0.376 e. The number of carbonyl (C=O) groups excluding carboxylic acids is 3. The Kier molecular flexibility index (Phi) is 6.49. The lowest BCUT2D eigenvalue weighted by Gasteiger charge is -2.12. The Morgan fingerprint density at radius 1 is 0.885 bits per heavy atom. The van der Waals surface area contributed by atoms with Gasteiger partial charge in [0, 0.05) is 16.9 Å². The van der Waals surface area contributed by atoms with Crippen LogP contribution >= 0.6 is 0 Å². The highest BCUT2D eigenvalue weighted by Gasteiger charge is 2.09. The van der Waals surface area contributed by atoms with Crippen molar-refractivity contribution in [2.24, 2.45) is 0 Å². The maximum absolute atomic E-state index is 12.0. The fourth-order valence-electron chi connectivity index (χ4n) is 2.47. The smallest absolute Gasteiger partial charge is 0.243 e. The van der Waals surface area contributed by atoms with Gasteiger partial charge in [0.2, 0.25) is 11.8 Å². The van der Waals surface area contributed by atoms with Gasteiger partial charge >= 0.3 is 0 Å². The van der Waals surface area contributed by atoms with Crippen LogP contribution in [0.1, 0.15) is 28.4 Å². The first-order valence-corrected chi connectivity index (χ1v) is 8.34. The van der Waals surface area contributed by atoms with E-state index in [0.29, 0.717) is 11.3 Å². The van der Waals surface area contributed by atoms with Crippen LogP contribution in [-0.2, 0) is 9.59 Å². The summed E-state index contributed by atoms with van der Waals surface area (Å²) in [5.41, 5.74) is 3.95. The van der Waals surface area contributed by atoms with E-state index >= 15 is 0 Å². The van der Waals surface area contributed by atoms with Crippen LogP contribution in [0.5, 0.6) is 0 Å². The average Bonchev–Trinajstić information content (AvgIpc) is 2.61. The quantitative estimate of drug-likeness (QED) is 0.668. The Labute approximate surface area is 153 Å². The first-order chi connectivity index (χ1) is 12.4. The number of aryl methyl sites for hydroxylation is 2. The molecule has 0 aromatic heterocycles. The number of anilines is 2. The molecular weight excluding hydrogens is 330 g/mol. The summed E-state index contributed by atoms with van der Waals surface area (Å²) in [7, 11) is 0. The van der Waals surface area contributed by atoms with Gasteiger partial charge in [0.1, 0.15) is 0 Å². The first-order valence-electron chi connectivity index (χ1n) is 8.34. The summed E-state index contributed by atoms with van der Waals surface area (Å²) in [5, 5.41) is 8.32. The fraction of sp³-hybridized carbons (Fsp3) is 0.250. The highest BCUT2D eigenvalue weighted by Crippen LogP contribution is 2.19. The lowest BCUT2D eigenvalue weighted by Crippen LogP contribution is -2.36. The van der Waals surface area contributed by atoms with Crippen molar-refractivity contribution in [3.05, 3.63) is 59.2 Å². The molecule has 0 fully saturated rings. The predicted octanol–water partition coefficient (Wildman–Crippen LogP) is 2.67. The summed E-state index contributed by atoms with van der Waals surface area (Å²) in [4.78, 5) is 35.3. The Morgan fingerprint density at radius 3 is 2.19 bits per heavy atom. The molecule has 0 bridgehead atoms. The lowest BCUT2D eigenvalue weighted by molar-refractivity contribution is -0.122. The second-order valence-corrected chi connectivity index (χ2v) is 6.08. The lowest BCUT2D eigenvalue weighted by atomic mass is 10.1. The minimum atomic E-state index is -0.310. The molecule has 0 aliphatic carbocycles. The van der Waals surface area contributed by atoms with Gasteiger partial charge < -0.3 is 16.0 Å². The summed E-state index contributed by atoms with van der Waals surface area (Å²) < 4.78 is 0. The molecule has 0 aliphatic heterocycles. The number of hydrogen-bond donors (Lipinski definition) is 3. The maximum atomic E-state index is 12.0. The van der Waals surface area contributed by atoms with Crippen LogP contribution in [0.25, 0.3) is 0 Å². The molecule has 0 radical (unpaired) electrons. The zero-order valence-corrected chi connectivity index (χ0v) is 15.2. The Hall–Kier alpha value is -3.15. The van der Waals surface area contributed by atoms with Crippen LogP contribution in [0.4, 0.5) is 11.4 Å². The third-order valence-corrected chi connectivity index (χ3v) is 3.91. The van der Waals surface area contributed by atoms with Gasteiger partial charge in [0.15, 0.2) is 5.78 Å². The second-order valence-electron chi connectivity index (χ2n) is 6.08. The molecule has 0 aliphatic rings. The molecule has 0 atom stereocenters. The zero-order chi connectivity index (χ0) is 19.1. The molecule has 2 rings (SSSR count). The van der Waals surface area contributed by atoms with E-state index in [1.807, 2.05) is 32.0 Å².